The van der Waals surface area contributed by atoms with Crippen LogP contribution in [0.4, 0.5) is 17.2 Å². The summed E-state index contributed by atoms with van der Waals surface area (Å²) in [6.45, 7) is 1.45. The molecule has 2 amide bonds. The van der Waals surface area contributed by atoms with Gasteiger partial charge in [-0.25, -0.2) is 9.97 Å². The monoisotopic (exact) mass is 339 g/mol. The van der Waals surface area contributed by atoms with Gasteiger partial charge < -0.3 is 16.0 Å². The smallest absolute Gasteiger partial charge is 0.274 e. The lowest BCUT2D eigenvalue weighted by Crippen LogP contribution is -2.18. The Morgan fingerprint density at radius 3 is 2.28 bits per heavy atom. The molecule has 7 heteroatoms. The van der Waals surface area contributed by atoms with E-state index in [0.29, 0.717) is 28.9 Å². The third kappa shape index (κ3) is 4.76. The zero-order valence-corrected chi connectivity index (χ0v) is 14.1. The number of rotatable bonds is 5. The van der Waals surface area contributed by atoms with Gasteiger partial charge in [0, 0.05) is 30.4 Å². The van der Waals surface area contributed by atoms with Gasteiger partial charge >= 0.3 is 0 Å². The Morgan fingerprint density at radius 2 is 1.64 bits per heavy atom. The molecular weight excluding hydrogens is 318 g/mol. The van der Waals surface area contributed by atoms with E-state index < -0.39 is 0 Å². The van der Waals surface area contributed by atoms with Crippen molar-refractivity contribution < 1.29 is 9.59 Å². The molecule has 0 aliphatic heterocycles. The molecule has 0 spiro atoms. The maximum Gasteiger partial charge on any atom is 0.274 e. The molecule has 0 atom stereocenters. The third-order valence-corrected chi connectivity index (χ3v) is 4.07. The normalized spacial score (nSPS) is 14.1. The van der Waals surface area contributed by atoms with Gasteiger partial charge in [-0.2, -0.15) is 0 Å². The lowest BCUT2D eigenvalue weighted by atomic mass is 10.2. The van der Waals surface area contributed by atoms with Crippen LogP contribution in [0.3, 0.4) is 0 Å². The Labute approximate surface area is 146 Å². The Kier molecular flexibility index (Phi) is 5.23. The molecule has 3 rings (SSSR count). The zero-order valence-electron chi connectivity index (χ0n) is 14.1. The maximum atomic E-state index is 12.4. The molecular formula is C18H21N5O2. The standard InChI is InChI=1S/C18H21N5O2/c1-12(24)21-14-6-8-15(9-7-14)23-18(25)16-10-17(20-11-19-16)22-13-4-2-3-5-13/h6-11,13H,2-5H2,1H3,(H,21,24)(H,23,25)(H,19,20,22). The van der Waals surface area contributed by atoms with Crippen LogP contribution in [0.15, 0.2) is 36.7 Å². The molecule has 1 saturated carbocycles. The van der Waals surface area contributed by atoms with Crippen LogP contribution in [-0.2, 0) is 4.79 Å². The minimum atomic E-state index is -0.302. The molecule has 7 nitrogen and oxygen atoms in total. The van der Waals surface area contributed by atoms with E-state index >= 15 is 0 Å². The van der Waals surface area contributed by atoms with Crippen LogP contribution in [0.1, 0.15) is 43.1 Å². The summed E-state index contributed by atoms with van der Waals surface area (Å²) in [5, 5.41) is 8.82. The van der Waals surface area contributed by atoms with Crippen molar-refractivity contribution in [1.29, 1.82) is 0 Å². The summed E-state index contributed by atoms with van der Waals surface area (Å²) < 4.78 is 0. The maximum absolute atomic E-state index is 12.4. The highest BCUT2D eigenvalue weighted by molar-refractivity contribution is 6.03. The lowest BCUT2D eigenvalue weighted by molar-refractivity contribution is -0.114. The highest BCUT2D eigenvalue weighted by Gasteiger charge is 2.16. The minimum absolute atomic E-state index is 0.139. The highest BCUT2D eigenvalue weighted by Crippen LogP contribution is 2.21. The minimum Gasteiger partial charge on any atom is -0.367 e. The number of aromatic nitrogens is 2. The molecule has 25 heavy (non-hydrogen) atoms. The fourth-order valence-corrected chi connectivity index (χ4v) is 2.87. The summed E-state index contributed by atoms with van der Waals surface area (Å²) in [6, 6.07) is 8.99. The van der Waals surface area contributed by atoms with E-state index in [1.165, 1.54) is 26.1 Å². The molecule has 1 fully saturated rings. The first-order valence-electron chi connectivity index (χ1n) is 8.38. The van der Waals surface area contributed by atoms with Gasteiger partial charge in [-0.15, -0.1) is 0 Å². The number of hydrogen-bond donors (Lipinski definition) is 3. The highest BCUT2D eigenvalue weighted by atomic mass is 16.2. The number of nitrogens with zero attached hydrogens (tertiary/aromatic N) is 2. The molecule has 0 saturated heterocycles. The Hall–Kier alpha value is -2.96. The second-order valence-electron chi connectivity index (χ2n) is 6.13. The van der Waals surface area contributed by atoms with Crippen LogP contribution in [0.25, 0.3) is 0 Å². The Balaban J connectivity index is 1.63. The van der Waals surface area contributed by atoms with E-state index in [4.69, 9.17) is 0 Å². The van der Waals surface area contributed by atoms with Crippen LogP contribution >= 0.6 is 0 Å². The Morgan fingerprint density at radius 1 is 1.00 bits per heavy atom. The fraction of sp³-hybridized carbons (Fsp3) is 0.333. The first-order chi connectivity index (χ1) is 12.1. The average Bonchev–Trinajstić information content (AvgIpc) is 3.09. The molecule has 0 unspecified atom stereocenters. The van der Waals surface area contributed by atoms with E-state index in [9.17, 15) is 9.59 Å². The van der Waals surface area contributed by atoms with Crippen molar-refractivity contribution in [3.05, 3.63) is 42.4 Å². The van der Waals surface area contributed by atoms with Crippen molar-refractivity contribution in [3.63, 3.8) is 0 Å². The molecule has 1 aromatic carbocycles. The molecule has 0 bridgehead atoms. The summed E-state index contributed by atoms with van der Waals surface area (Å²) in [6.07, 6.45) is 6.11. The number of amides is 2. The summed E-state index contributed by atoms with van der Waals surface area (Å²) >= 11 is 0. The molecule has 0 radical (unpaired) electrons. The molecule has 1 aliphatic carbocycles. The quantitative estimate of drug-likeness (QED) is 0.778. The van der Waals surface area contributed by atoms with Crippen molar-refractivity contribution in [1.82, 2.24) is 9.97 Å². The Bertz CT molecular complexity index is 754. The van der Waals surface area contributed by atoms with Gasteiger partial charge in [0.25, 0.3) is 5.91 Å². The van der Waals surface area contributed by atoms with Gasteiger partial charge in [0.15, 0.2) is 0 Å². The molecule has 2 aromatic rings. The summed E-state index contributed by atoms with van der Waals surface area (Å²) in [4.78, 5) is 31.6. The second kappa shape index (κ2) is 7.74. The van der Waals surface area contributed by atoms with Crippen molar-refractivity contribution in [2.75, 3.05) is 16.0 Å². The van der Waals surface area contributed by atoms with Gasteiger partial charge in [-0.1, -0.05) is 12.8 Å². The van der Waals surface area contributed by atoms with E-state index in [1.54, 1.807) is 30.3 Å². The number of carbonyl (C=O) groups excluding carboxylic acids is 2. The SMILES string of the molecule is CC(=O)Nc1ccc(NC(=O)c2cc(NC3CCCC3)ncn2)cc1. The summed E-state index contributed by atoms with van der Waals surface area (Å²) in [5.41, 5.74) is 1.61. The predicted octanol–water partition coefficient (Wildman–Crippen LogP) is 3.04. The van der Waals surface area contributed by atoms with Gasteiger partial charge in [-0.3, -0.25) is 9.59 Å². The molecule has 130 valence electrons. The van der Waals surface area contributed by atoms with Crippen LogP contribution in [0, 0.1) is 0 Å². The summed E-state index contributed by atoms with van der Waals surface area (Å²) in [7, 11) is 0. The van der Waals surface area contributed by atoms with Gasteiger partial charge in [0.2, 0.25) is 5.91 Å². The number of carbonyl (C=O) groups is 2. The third-order valence-electron chi connectivity index (χ3n) is 4.07. The van der Waals surface area contributed by atoms with Crippen LogP contribution in [0.2, 0.25) is 0 Å². The predicted molar refractivity (Wildman–Crippen MR) is 96.6 cm³/mol. The largest absolute Gasteiger partial charge is 0.367 e. The lowest BCUT2D eigenvalue weighted by Gasteiger charge is -2.13. The number of hydrogen-bond acceptors (Lipinski definition) is 5. The van der Waals surface area contributed by atoms with E-state index in [2.05, 4.69) is 25.9 Å². The number of anilines is 3. The molecule has 1 aromatic heterocycles. The molecule has 1 heterocycles. The molecule has 1 aliphatic rings. The van der Waals surface area contributed by atoms with E-state index in [-0.39, 0.29) is 11.8 Å². The number of benzene rings is 1. The van der Waals surface area contributed by atoms with Crippen molar-refractivity contribution in [2.45, 2.75) is 38.6 Å². The first-order valence-corrected chi connectivity index (χ1v) is 8.38. The van der Waals surface area contributed by atoms with Crippen LogP contribution in [-0.4, -0.2) is 27.8 Å². The summed E-state index contributed by atoms with van der Waals surface area (Å²) in [5.74, 6) is 0.234. The molecule has 3 N–H and O–H groups in total. The van der Waals surface area contributed by atoms with Crippen LogP contribution < -0.4 is 16.0 Å². The van der Waals surface area contributed by atoms with Gasteiger partial charge in [-0.05, 0) is 37.1 Å². The van der Waals surface area contributed by atoms with Crippen molar-refractivity contribution in [3.8, 4) is 0 Å². The second-order valence-corrected chi connectivity index (χ2v) is 6.13. The first kappa shape index (κ1) is 16.9. The topological polar surface area (TPSA) is 96.0 Å². The fourth-order valence-electron chi connectivity index (χ4n) is 2.87. The van der Waals surface area contributed by atoms with E-state index in [1.807, 2.05) is 0 Å². The van der Waals surface area contributed by atoms with Gasteiger partial charge in [0.05, 0.1) is 0 Å². The van der Waals surface area contributed by atoms with Crippen molar-refractivity contribution in [2.24, 2.45) is 0 Å². The zero-order chi connectivity index (χ0) is 17.6. The average molecular weight is 339 g/mol. The number of nitrogens with one attached hydrogen (secondary N) is 3. The van der Waals surface area contributed by atoms with Crippen LogP contribution in [0.5, 0.6) is 0 Å². The van der Waals surface area contributed by atoms with Gasteiger partial charge in [0.1, 0.15) is 17.8 Å². The van der Waals surface area contributed by atoms with Crippen molar-refractivity contribution >= 4 is 29.0 Å². The van der Waals surface area contributed by atoms with E-state index in [0.717, 1.165) is 12.8 Å².